The first-order chi connectivity index (χ1) is 15.2. The molecule has 3 aromatic rings. The summed E-state index contributed by atoms with van der Waals surface area (Å²) in [5, 5.41) is 12.1. The highest BCUT2D eigenvalue weighted by molar-refractivity contribution is 6.04. The van der Waals surface area contributed by atoms with Crippen LogP contribution in [0, 0.1) is 11.3 Å². The number of likely N-dealkylation sites (tertiary alicyclic amines) is 1. The summed E-state index contributed by atoms with van der Waals surface area (Å²) in [4.78, 5) is 15.3. The summed E-state index contributed by atoms with van der Waals surface area (Å²) in [6.45, 7) is 3.40. The van der Waals surface area contributed by atoms with Crippen molar-refractivity contribution in [2.45, 2.75) is 26.0 Å². The molecule has 3 aromatic carbocycles. The number of carbonyl (C=O) groups excluding carboxylic acids is 1. The van der Waals surface area contributed by atoms with Crippen LogP contribution in [-0.4, -0.2) is 23.9 Å². The lowest BCUT2D eigenvalue weighted by Crippen LogP contribution is -2.20. The third-order valence-corrected chi connectivity index (χ3v) is 5.42. The van der Waals surface area contributed by atoms with E-state index in [1.54, 1.807) is 24.3 Å². The Balaban J connectivity index is 1.42. The van der Waals surface area contributed by atoms with Crippen molar-refractivity contribution in [3.63, 3.8) is 0 Å². The second-order valence-electron chi connectivity index (χ2n) is 7.72. The normalized spacial score (nSPS) is 13.5. The Morgan fingerprint density at radius 2 is 1.81 bits per heavy atom. The molecule has 31 heavy (non-hydrogen) atoms. The Bertz CT molecular complexity index is 1100. The van der Waals surface area contributed by atoms with Crippen molar-refractivity contribution in [2.24, 2.45) is 0 Å². The van der Waals surface area contributed by atoms with Gasteiger partial charge >= 0.3 is 0 Å². The van der Waals surface area contributed by atoms with E-state index in [9.17, 15) is 4.79 Å². The first-order valence-corrected chi connectivity index (χ1v) is 10.5. The molecule has 0 bridgehead atoms. The quantitative estimate of drug-likeness (QED) is 0.595. The van der Waals surface area contributed by atoms with E-state index >= 15 is 0 Å². The van der Waals surface area contributed by atoms with Gasteiger partial charge in [-0.1, -0.05) is 36.4 Å². The second kappa shape index (κ2) is 9.92. The number of nitrogens with zero attached hydrogens (tertiary/aromatic N) is 2. The zero-order chi connectivity index (χ0) is 21.5. The summed E-state index contributed by atoms with van der Waals surface area (Å²) >= 11 is 0. The second-order valence-corrected chi connectivity index (χ2v) is 7.72. The van der Waals surface area contributed by atoms with Crippen molar-refractivity contribution in [3.8, 4) is 11.8 Å². The average Bonchev–Trinajstić information content (AvgIpc) is 3.32. The number of rotatable bonds is 7. The Labute approximate surface area is 182 Å². The van der Waals surface area contributed by atoms with Crippen LogP contribution >= 0.6 is 0 Å². The number of amides is 1. The molecule has 0 spiro atoms. The van der Waals surface area contributed by atoms with Gasteiger partial charge in [0.25, 0.3) is 5.91 Å². The van der Waals surface area contributed by atoms with Crippen molar-refractivity contribution in [3.05, 3.63) is 95.1 Å². The van der Waals surface area contributed by atoms with Gasteiger partial charge in [0.1, 0.15) is 12.4 Å². The zero-order valence-corrected chi connectivity index (χ0v) is 17.4. The molecule has 1 N–H and O–H groups in total. The van der Waals surface area contributed by atoms with Crippen molar-refractivity contribution in [2.75, 3.05) is 18.4 Å². The van der Waals surface area contributed by atoms with E-state index in [2.05, 4.69) is 22.4 Å². The fourth-order valence-corrected chi connectivity index (χ4v) is 3.78. The van der Waals surface area contributed by atoms with Crippen LogP contribution in [0.2, 0.25) is 0 Å². The molecule has 0 saturated carbocycles. The fraction of sp³-hybridized carbons (Fsp3) is 0.231. The highest BCUT2D eigenvalue weighted by Crippen LogP contribution is 2.21. The molecule has 1 aliphatic rings. The third kappa shape index (κ3) is 5.50. The van der Waals surface area contributed by atoms with Crippen molar-refractivity contribution in [1.29, 1.82) is 5.26 Å². The first-order valence-electron chi connectivity index (χ1n) is 10.5. The number of benzene rings is 3. The lowest BCUT2D eigenvalue weighted by Gasteiger charge is -2.18. The average molecular weight is 412 g/mol. The summed E-state index contributed by atoms with van der Waals surface area (Å²) in [5.74, 6) is 0.493. The van der Waals surface area contributed by atoms with Crippen LogP contribution in [0.25, 0.3) is 0 Å². The summed E-state index contributed by atoms with van der Waals surface area (Å²) in [5.41, 5.74) is 4.02. The Morgan fingerprint density at radius 3 is 2.65 bits per heavy atom. The SMILES string of the molecule is N#Cc1cccc(OCc2cccc(C(=O)Nc3ccccc3CN3CCCC3)c2)c1. The van der Waals surface area contributed by atoms with Gasteiger partial charge in [-0.05, 0) is 73.5 Å². The summed E-state index contributed by atoms with van der Waals surface area (Å²) in [7, 11) is 0. The van der Waals surface area contributed by atoms with Crippen LogP contribution < -0.4 is 10.1 Å². The number of nitrogens with one attached hydrogen (secondary N) is 1. The third-order valence-electron chi connectivity index (χ3n) is 5.42. The molecule has 0 aliphatic carbocycles. The van der Waals surface area contributed by atoms with Gasteiger partial charge in [0.15, 0.2) is 0 Å². The van der Waals surface area contributed by atoms with Crippen LogP contribution in [0.4, 0.5) is 5.69 Å². The molecule has 0 aromatic heterocycles. The summed E-state index contributed by atoms with van der Waals surface area (Å²) < 4.78 is 5.79. The molecule has 1 saturated heterocycles. The molecule has 1 heterocycles. The maximum Gasteiger partial charge on any atom is 0.255 e. The molecular weight excluding hydrogens is 386 g/mol. The predicted octanol–water partition coefficient (Wildman–Crippen LogP) is 4.99. The van der Waals surface area contributed by atoms with Gasteiger partial charge in [-0.25, -0.2) is 0 Å². The van der Waals surface area contributed by atoms with Gasteiger partial charge in [0, 0.05) is 17.8 Å². The number of carbonyl (C=O) groups is 1. The molecule has 5 heteroatoms. The summed E-state index contributed by atoms with van der Waals surface area (Å²) in [6, 6.07) is 24.6. The standard InChI is InChI=1S/C26H25N3O2/c27-17-20-7-6-11-24(16-20)31-19-21-8-5-10-22(15-21)26(30)28-25-12-2-1-9-23(25)18-29-13-3-4-14-29/h1-2,5-12,15-16H,3-4,13-14,18-19H2,(H,28,30). The molecule has 156 valence electrons. The highest BCUT2D eigenvalue weighted by atomic mass is 16.5. The largest absolute Gasteiger partial charge is 0.489 e. The number of ether oxygens (including phenoxy) is 1. The molecule has 1 fully saturated rings. The zero-order valence-electron chi connectivity index (χ0n) is 17.4. The Morgan fingerprint density at radius 1 is 1.00 bits per heavy atom. The van der Waals surface area contributed by atoms with Crippen LogP contribution in [0.15, 0.2) is 72.8 Å². The molecule has 1 aliphatic heterocycles. The minimum atomic E-state index is -0.137. The Hall–Kier alpha value is -3.62. The number of hydrogen-bond donors (Lipinski definition) is 1. The molecule has 0 atom stereocenters. The van der Waals surface area contributed by atoms with Crippen molar-refractivity contribution >= 4 is 11.6 Å². The lowest BCUT2D eigenvalue weighted by molar-refractivity contribution is 0.102. The molecular formula is C26H25N3O2. The van der Waals surface area contributed by atoms with E-state index in [0.717, 1.165) is 36.4 Å². The van der Waals surface area contributed by atoms with Crippen molar-refractivity contribution < 1.29 is 9.53 Å². The lowest BCUT2D eigenvalue weighted by atomic mass is 10.1. The number of nitriles is 1. The van der Waals surface area contributed by atoms with Gasteiger partial charge < -0.3 is 10.1 Å². The Kier molecular flexibility index (Phi) is 6.61. The van der Waals surface area contributed by atoms with E-state index < -0.39 is 0 Å². The molecule has 0 radical (unpaired) electrons. The van der Waals surface area contributed by atoms with Gasteiger partial charge in [-0.15, -0.1) is 0 Å². The van der Waals surface area contributed by atoms with Crippen LogP contribution in [0.1, 0.15) is 39.9 Å². The van der Waals surface area contributed by atoms with E-state index in [1.165, 1.54) is 12.8 Å². The number of anilines is 1. The minimum Gasteiger partial charge on any atom is -0.489 e. The molecule has 5 nitrogen and oxygen atoms in total. The topological polar surface area (TPSA) is 65.4 Å². The summed E-state index contributed by atoms with van der Waals surface area (Å²) in [6.07, 6.45) is 2.48. The number of hydrogen-bond acceptors (Lipinski definition) is 4. The minimum absolute atomic E-state index is 0.137. The van der Waals surface area contributed by atoms with Gasteiger partial charge in [0.2, 0.25) is 0 Å². The van der Waals surface area contributed by atoms with Gasteiger partial charge in [-0.2, -0.15) is 5.26 Å². The molecule has 0 unspecified atom stereocenters. The monoisotopic (exact) mass is 411 g/mol. The predicted molar refractivity (Wildman–Crippen MR) is 121 cm³/mol. The maximum absolute atomic E-state index is 12.9. The first kappa shape index (κ1) is 20.6. The van der Waals surface area contributed by atoms with Crippen molar-refractivity contribution in [1.82, 2.24) is 4.90 Å². The van der Waals surface area contributed by atoms with Gasteiger partial charge in [-0.3, -0.25) is 9.69 Å². The van der Waals surface area contributed by atoms with E-state index in [4.69, 9.17) is 10.00 Å². The van der Waals surface area contributed by atoms with Gasteiger partial charge in [0.05, 0.1) is 11.6 Å². The van der Waals surface area contributed by atoms with E-state index in [1.807, 2.05) is 42.5 Å². The smallest absolute Gasteiger partial charge is 0.255 e. The van der Waals surface area contributed by atoms with Crippen LogP contribution in [0.5, 0.6) is 5.75 Å². The maximum atomic E-state index is 12.9. The number of para-hydroxylation sites is 1. The fourth-order valence-electron chi connectivity index (χ4n) is 3.78. The van der Waals surface area contributed by atoms with Crippen LogP contribution in [-0.2, 0) is 13.2 Å². The van der Waals surface area contributed by atoms with Crippen LogP contribution in [0.3, 0.4) is 0 Å². The molecule has 4 rings (SSSR count). The van der Waals surface area contributed by atoms with E-state index in [0.29, 0.717) is 23.5 Å². The van der Waals surface area contributed by atoms with E-state index in [-0.39, 0.29) is 5.91 Å². The molecule has 1 amide bonds. The highest BCUT2D eigenvalue weighted by Gasteiger charge is 2.15.